The van der Waals surface area contributed by atoms with Gasteiger partial charge in [0.05, 0.1) is 0 Å². The van der Waals surface area contributed by atoms with Crippen molar-refractivity contribution in [2.45, 2.75) is 0 Å². The average Bonchev–Trinajstić information content (AvgIpc) is 2.74. The molecule has 0 aliphatic carbocycles. The SMILES string of the molecule is C[n+]1cc(-c2ccccc2)cc(/C=C/c2ccc(F)cc2)c1-c1ccccc1.[I-]. The molecular weight excluding hydrogens is 472 g/mol. The second kappa shape index (κ2) is 9.61. The smallest absolute Gasteiger partial charge is 0.219 e. The molecule has 0 fully saturated rings. The minimum Gasteiger partial charge on any atom is -1.00 e. The number of aromatic nitrogens is 1. The predicted molar refractivity (Wildman–Crippen MR) is 114 cm³/mol. The largest absolute Gasteiger partial charge is 1.00 e. The first-order valence-corrected chi connectivity index (χ1v) is 9.29. The maximum absolute atomic E-state index is 13.2. The van der Waals surface area contributed by atoms with E-state index in [1.807, 2.05) is 30.3 Å². The average molecular weight is 493 g/mol. The van der Waals surface area contributed by atoms with Crippen molar-refractivity contribution in [2.75, 3.05) is 0 Å². The highest BCUT2D eigenvalue weighted by Crippen LogP contribution is 2.27. The summed E-state index contributed by atoms with van der Waals surface area (Å²) in [5.74, 6) is -0.223. The van der Waals surface area contributed by atoms with Crippen LogP contribution in [0.15, 0.2) is 97.2 Å². The zero-order valence-electron chi connectivity index (χ0n) is 16.1. The Hall–Kier alpha value is -2.79. The highest BCUT2D eigenvalue weighted by atomic mass is 127. The fourth-order valence-corrected chi connectivity index (χ4v) is 3.39. The molecule has 1 heterocycles. The molecule has 144 valence electrons. The van der Waals surface area contributed by atoms with E-state index in [1.165, 1.54) is 17.7 Å². The minimum absolute atomic E-state index is 0. The fourth-order valence-electron chi connectivity index (χ4n) is 3.39. The number of halogens is 2. The minimum atomic E-state index is -0.223. The molecule has 1 nitrogen and oxygen atoms in total. The lowest BCUT2D eigenvalue weighted by atomic mass is 9.99. The summed E-state index contributed by atoms with van der Waals surface area (Å²) < 4.78 is 15.4. The number of benzene rings is 3. The molecule has 0 aliphatic rings. The first kappa shape index (κ1) is 20.9. The van der Waals surface area contributed by atoms with Gasteiger partial charge in [0.25, 0.3) is 0 Å². The number of pyridine rings is 1. The highest BCUT2D eigenvalue weighted by molar-refractivity contribution is 5.80. The van der Waals surface area contributed by atoms with E-state index >= 15 is 0 Å². The Morgan fingerprint density at radius 3 is 1.90 bits per heavy atom. The van der Waals surface area contributed by atoms with Gasteiger partial charge in [0.15, 0.2) is 6.20 Å². The molecule has 1 aromatic heterocycles. The van der Waals surface area contributed by atoms with Gasteiger partial charge in [-0.3, -0.25) is 0 Å². The van der Waals surface area contributed by atoms with Crippen LogP contribution < -0.4 is 28.5 Å². The summed E-state index contributed by atoms with van der Waals surface area (Å²) in [4.78, 5) is 0. The first-order valence-electron chi connectivity index (χ1n) is 9.29. The van der Waals surface area contributed by atoms with Gasteiger partial charge >= 0.3 is 0 Å². The molecule has 0 unspecified atom stereocenters. The molecule has 0 aliphatic heterocycles. The van der Waals surface area contributed by atoms with E-state index in [0.717, 1.165) is 27.9 Å². The van der Waals surface area contributed by atoms with Gasteiger partial charge in [-0.15, -0.1) is 0 Å². The van der Waals surface area contributed by atoms with Crippen molar-refractivity contribution < 1.29 is 32.9 Å². The molecule has 0 N–H and O–H groups in total. The van der Waals surface area contributed by atoms with Crippen molar-refractivity contribution in [1.29, 1.82) is 0 Å². The molecule has 29 heavy (non-hydrogen) atoms. The highest BCUT2D eigenvalue weighted by Gasteiger charge is 2.17. The third kappa shape index (κ3) is 4.98. The molecule has 0 radical (unpaired) electrons. The number of hydrogen-bond donors (Lipinski definition) is 0. The van der Waals surface area contributed by atoms with Crippen LogP contribution in [0.4, 0.5) is 4.39 Å². The zero-order chi connectivity index (χ0) is 19.3. The van der Waals surface area contributed by atoms with E-state index in [1.54, 1.807) is 12.1 Å². The maximum Gasteiger partial charge on any atom is 0.219 e. The number of rotatable bonds is 4. The van der Waals surface area contributed by atoms with Gasteiger partial charge in [0.1, 0.15) is 12.9 Å². The number of hydrogen-bond acceptors (Lipinski definition) is 0. The monoisotopic (exact) mass is 493 g/mol. The normalized spacial score (nSPS) is 10.7. The Bertz CT molecular complexity index is 1100. The van der Waals surface area contributed by atoms with Crippen LogP contribution in [-0.2, 0) is 7.05 Å². The van der Waals surface area contributed by atoms with Crippen molar-refractivity contribution in [1.82, 2.24) is 0 Å². The summed E-state index contributed by atoms with van der Waals surface area (Å²) in [5, 5.41) is 0. The third-order valence-corrected chi connectivity index (χ3v) is 4.75. The van der Waals surface area contributed by atoms with Crippen LogP contribution in [0.1, 0.15) is 11.1 Å². The van der Waals surface area contributed by atoms with Crippen molar-refractivity contribution >= 4 is 12.2 Å². The van der Waals surface area contributed by atoms with Crippen LogP contribution in [0.25, 0.3) is 34.5 Å². The Morgan fingerprint density at radius 2 is 1.28 bits per heavy atom. The van der Waals surface area contributed by atoms with Gasteiger partial charge in [0, 0.05) is 16.7 Å². The molecule has 0 saturated carbocycles. The van der Waals surface area contributed by atoms with Crippen LogP contribution in [0.3, 0.4) is 0 Å². The Morgan fingerprint density at radius 1 is 0.690 bits per heavy atom. The van der Waals surface area contributed by atoms with Crippen LogP contribution in [0, 0.1) is 5.82 Å². The molecule has 3 aromatic carbocycles. The van der Waals surface area contributed by atoms with Crippen LogP contribution in [0.5, 0.6) is 0 Å². The molecule has 0 amide bonds. The summed E-state index contributed by atoms with van der Waals surface area (Å²) in [6.45, 7) is 0. The summed E-state index contributed by atoms with van der Waals surface area (Å²) in [6, 6.07) is 29.5. The van der Waals surface area contributed by atoms with Crippen LogP contribution in [-0.4, -0.2) is 0 Å². The molecule has 4 aromatic rings. The van der Waals surface area contributed by atoms with Crippen molar-refractivity contribution in [3.05, 3.63) is 114 Å². The Balaban J connectivity index is 0.00000240. The Kier molecular flexibility index (Phi) is 6.94. The van der Waals surface area contributed by atoms with Crippen molar-refractivity contribution in [2.24, 2.45) is 7.05 Å². The van der Waals surface area contributed by atoms with Gasteiger partial charge < -0.3 is 24.0 Å². The predicted octanol–water partition coefficient (Wildman–Crippen LogP) is 3.16. The number of nitrogens with zero attached hydrogens (tertiary/aromatic N) is 1. The zero-order valence-corrected chi connectivity index (χ0v) is 18.3. The maximum atomic E-state index is 13.2. The molecule has 3 heteroatoms. The lowest BCUT2D eigenvalue weighted by Gasteiger charge is -2.08. The lowest BCUT2D eigenvalue weighted by Crippen LogP contribution is -3.00. The van der Waals surface area contributed by atoms with E-state index < -0.39 is 0 Å². The van der Waals surface area contributed by atoms with Crippen LogP contribution in [0.2, 0.25) is 0 Å². The first-order chi connectivity index (χ1) is 13.7. The summed E-state index contributed by atoms with van der Waals surface area (Å²) in [6.07, 6.45) is 6.28. The summed E-state index contributed by atoms with van der Waals surface area (Å²) >= 11 is 0. The third-order valence-electron chi connectivity index (χ3n) is 4.75. The van der Waals surface area contributed by atoms with Crippen LogP contribution >= 0.6 is 0 Å². The molecule has 0 saturated heterocycles. The van der Waals surface area contributed by atoms with E-state index in [4.69, 9.17) is 0 Å². The topological polar surface area (TPSA) is 3.88 Å². The molecule has 0 spiro atoms. The summed E-state index contributed by atoms with van der Waals surface area (Å²) in [7, 11) is 2.07. The molecular formula is C26H21FIN. The van der Waals surface area contributed by atoms with E-state index in [2.05, 4.69) is 66.4 Å². The van der Waals surface area contributed by atoms with Crippen molar-refractivity contribution in [3.63, 3.8) is 0 Å². The van der Waals surface area contributed by atoms with Gasteiger partial charge in [-0.1, -0.05) is 66.7 Å². The number of aryl methyl sites for hydroxylation is 1. The standard InChI is InChI=1S/C26H21FN.HI/c1-28-19-24(21-8-4-2-5-9-21)18-23(26(28)22-10-6-3-7-11-22)15-12-20-13-16-25(27)17-14-20;/h2-19H,1H3;1H/q+1;/p-1/b15-12+;. The van der Waals surface area contributed by atoms with Crippen molar-refractivity contribution in [3.8, 4) is 22.4 Å². The van der Waals surface area contributed by atoms with Gasteiger partial charge in [0.2, 0.25) is 5.69 Å². The Labute approximate surface area is 188 Å². The van der Waals surface area contributed by atoms with E-state index in [9.17, 15) is 4.39 Å². The van der Waals surface area contributed by atoms with Gasteiger partial charge in [-0.25, -0.2) is 4.39 Å². The quantitative estimate of drug-likeness (QED) is 0.304. The lowest BCUT2D eigenvalue weighted by molar-refractivity contribution is -0.660. The van der Waals surface area contributed by atoms with Gasteiger partial charge in [-0.05, 0) is 47.5 Å². The second-order valence-corrected chi connectivity index (χ2v) is 6.76. The fraction of sp³-hybridized carbons (Fsp3) is 0.0385. The molecule has 0 bridgehead atoms. The molecule has 0 atom stereocenters. The van der Waals surface area contributed by atoms with E-state index in [0.29, 0.717) is 0 Å². The van der Waals surface area contributed by atoms with E-state index in [-0.39, 0.29) is 29.8 Å². The second-order valence-electron chi connectivity index (χ2n) is 6.76. The summed E-state index contributed by atoms with van der Waals surface area (Å²) in [5.41, 5.74) is 6.70. The van der Waals surface area contributed by atoms with Gasteiger partial charge in [-0.2, -0.15) is 4.57 Å². The molecule has 4 rings (SSSR count).